The summed E-state index contributed by atoms with van der Waals surface area (Å²) in [6.07, 6.45) is 7.76. The second kappa shape index (κ2) is 44.7. The molecule has 0 bridgehead atoms. The Bertz CT molecular complexity index is 7010. The number of likely N-dealkylation sites (tertiary alicyclic amines) is 1. The Morgan fingerprint density at radius 1 is 0.421 bits per heavy atom. The average Bonchev–Trinajstić information content (AvgIpc) is 1.63. The van der Waals surface area contributed by atoms with Crippen LogP contribution in [0.25, 0.3) is 91.4 Å². The summed E-state index contributed by atoms with van der Waals surface area (Å²) < 4.78 is 101. The molecule has 4 amide bonds. The molecule has 0 saturated carbocycles. The molecule has 1 fully saturated rings. The molecular formula is C103H111N19O16S2. The van der Waals surface area contributed by atoms with Gasteiger partial charge in [-0.1, -0.05) is 107 Å². The van der Waals surface area contributed by atoms with Crippen molar-refractivity contribution in [2.24, 2.45) is 5.92 Å². The van der Waals surface area contributed by atoms with Crippen molar-refractivity contribution in [3.8, 4) is 139 Å². The number of fused-ring (bicyclic) bond motifs is 4. The lowest BCUT2D eigenvalue weighted by Crippen LogP contribution is -2.43. The number of hydrogen-bond donors (Lipinski definition) is 4. The smallest absolute Gasteiger partial charge is 0.258 e. The fraction of sp³-hybridized carbons (Fsp3) is 0.379. The predicted octanol–water partition coefficient (Wildman–Crippen LogP) is 15.6. The van der Waals surface area contributed by atoms with Crippen LogP contribution in [-0.4, -0.2) is 179 Å². The van der Waals surface area contributed by atoms with E-state index in [9.17, 15) is 57.1 Å². The quantitative estimate of drug-likeness (QED) is 0.0338. The molecule has 35 nitrogen and oxygen atoms in total. The van der Waals surface area contributed by atoms with Crippen molar-refractivity contribution < 1.29 is 73.1 Å². The van der Waals surface area contributed by atoms with E-state index in [1.54, 1.807) is 65.6 Å². The van der Waals surface area contributed by atoms with E-state index < -0.39 is 49.5 Å². The predicted molar refractivity (Wildman–Crippen MR) is 519 cm³/mol. The van der Waals surface area contributed by atoms with Crippen LogP contribution >= 0.6 is 0 Å². The van der Waals surface area contributed by atoms with Gasteiger partial charge in [0.25, 0.3) is 23.6 Å². The zero-order valence-electron chi connectivity index (χ0n) is 80.4. The first kappa shape index (κ1) is 101. The molecule has 1 aliphatic heterocycles. The number of nitriles is 4. The number of likely N-dealkylation sites (N-methyl/N-ethyl adjacent to an activating group) is 1. The average molecular weight is 1940 g/mol. The number of aromatic nitrogens is 8. The van der Waals surface area contributed by atoms with E-state index >= 15 is 0 Å². The van der Waals surface area contributed by atoms with E-state index in [4.69, 9.17) is 37.0 Å². The second-order valence-electron chi connectivity index (χ2n) is 36.3. The first-order valence-corrected chi connectivity index (χ1v) is 49.8. The molecule has 0 spiro atoms. The van der Waals surface area contributed by atoms with Crippen molar-refractivity contribution in [1.82, 2.24) is 75.3 Å². The maximum atomic E-state index is 12.9. The van der Waals surface area contributed by atoms with Gasteiger partial charge in [0.05, 0.1) is 65.3 Å². The molecule has 5 aliphatic rings. The topological polar surface area (TPSA) is 482 Å². The van der Waals surface area contributed by atoms with Crippen molar-refractivity contribution in [1.29, 1.82) is 21.0 Å². The fourth-order valence-electron chi connectivity index (χ4n) is 17.4. The van der Waals surface area contributed by atoms with E-state index in [2.05, 4.69) is 91.8 Å². The summed E-state index contributed by atoms with van der Waals surface area (Å²) in [4.78, 5) is 71.7. The molecule has 0 unspecified atom stereocenters. The van der Waals surface area contributed by atoms with Gasteiger partial charge in [-0.05, 0) is 257 Å². The Labute approximate surface area is 813 Å². The summed E-state index contributed by atoms with van der Waals surface area (Å²) in [5.74, 6) is 3.57. The number of benzene rings is 8. The van der Waals surface area contributed by atoms with Crippen LogP contribution in [0.4, 0.5) is 0 Å². The van der Waals surface area contributed by atoms with Gasteiger partial charge in [-0.15, -0.1) is 0 Å². The van der Waals surface area contributed by atoms with Crippen molar-refractivity contribution >= 4 is 43.7 Å². The highest BCUT2D eigenvalue weighted by molar-refractivity contribution is 7.90. The Morgan fingerprint density at radius 2 is 0.714 bits per heavy atom. The van der Waals surface area contributed by atoms with E-state index in [-0.39, 0.29) is 66.0 Å². The molecule has 8 aromatic carbocycles. The molecular weight excluding hydrogens is 1820 g/mol. The normalized spacial score (nSPS) is 15.7. The molecule has 0 radical (unpaired) electrons. The van der Waals surface area contributed by atoms with Crippen LogP contribution in [0, 0.1) is 51.2 Å². The molecule has 37 heteroatoms. The number of carbonyl (C=O) groups is 4. The SMILES string of the molecule is CC(C)Oc1ccc(-c2nc(-c3cccc4c3CC[C@H]4NC(=O)CN(C)C)no2)cc1C#N.CC(C)Oc1ccc(-c2nc(-c3cccc4c3CC[C@H]4NS(=O)(=O)CC(=O)N(C)C)no2)cc1C#N.CC1CCN(C(=O)CS(=O)(=O)N[C@H]2CCc3c(-c4noc(-c5ccc(OC(C)C)c(C#N)c5)n4)cccc32)CC1.CCC(=O)N[C@@H]1CCc2c(-c3noc(-c4ccc(OC(C)C)c(C#N)c4)n3)cccc21. The summed E-state index contributed by atoms with van der Waals surface area (Å²) in [5.41, 5.74) is 15.3. The maximum Gasteiger partial charge on any atom is 0.258 e. The number of nitrogens with one attached hydrogen (secondary N) is 4. The van der Waals surface area contributed by atoms with Gasteiger partial charge in [0.2, 0.25) is 67.0 Å². The molecule has 4 aromatic heterocycles. The van der Waals surface area contributed by atoms with Crippen LogP contribution in [0.2, 0.25) is 0 Å². The molecule has 4 aliphatic carbocycles. The van der Waals surface area contributed by atoms with Gasteiger partial charge < -0.3 is 62.4 Å². The van der Waals surface area contributed by atoms with Gasteiger partial charge in [0.1, 0.15) is 58.8 Å². The molecule has 4 N–H and O–H groups in total. The van der Waals surface area contributed by atoms with Crippen molar-refractivity contribution in [3.05, 3.63) is 212 Å². The Morgan fingerprint density at radius 3 is 1.00 bits per heavy atom. The first-order valence-electron chi connectivity index (χ1n) is 46.5. The molecule has 4 atom stereocenters. The van der Waals surface area contributed by atoms with E-state index in [0.717, 1.165) is 105 Å². The van der Waals surface area contributed by atoms with Crippen LogP contribution in [0.3, 0.4) is 0 Å². The minimum Gasteiger partial charge on any atom is -0.490 e. The summed E-state index contributed by atoms with van der Waals surface area (Å²) in [7, 11) is -0.850. The van der Waals surface area contributed by atoms with E-state index in [1.807, 2.05) is 166 Å². The van der Waals surface area contributed by atoms with Gasteiger partial charge in [-0.2, -0.15) is 41.0 Å². The monoisotopic (exact) mass is 1930 g/mol. The Balaban J connectivity index is 0.000000149. The van der Waals surface area contributed by atoms with Crippen LogP contribution in [0.15, 0.2) is 164 Å². The second-order valence-corrected chi connectivity index (χ2v) is 39.8. The number of ether oxygens (including phenoxy) is 4. The van der Waals surface area contributed by atoms with Gasteiger partial charge in [0, 0.05) is 90.2 Å². The number of sulfonamides is 2. The van der Waals surface area contributed by atoms with Crippen LogP contribution in [-0.2, 0) is 64.9 Å². The fourth-order valence-corrected chi connectivity index (χ4v) is 20.0. The lowest BCUT2D eigenvalue weighted by Gasteiger charge is -2.30. The third kappa shape index (κ3) is 24.6. The highest BCUT2D eigenvalue weighted by atomic mass is 32.2. The highest BCUT2D eigenvalue weighted by Crippen LogP contribution is 2.44. The minimum atomic E-state index is -3.82. The number of amides is 4. The third-order valence-corrected chi connectivity index (χ3v) is 26.5. The van der Waals surface area contributed by atoms with Crippen molar-refractivity contribution in [2.45, 2.75) is 188 Å². The number of rotatable bonds is 29. The number of nitrogens with zero attached hydrogens (tertiary/aromatic N) is 15. The van der Waals surface area contributed by atoms with Crippen molar-refractivity contribution in [2.75, 3.05) is 59.3 Å². The zero-order chi connectivity index (χ0) is 100.0. The molecule has 12 aromatic rings. The van der Waals surface area contributed by atoms with Crippen molar-refractivity contribution in [3.63, 3.8) is 0 Å². The van der Waals surface area contributed by atoms with E-state index in [0.29, 0.717) is 160 Å². The summed E-state index contributed by atoms with van der Waals surface area (Å²) in [5, 5.41) is 60.9. The summed E-state index contributed by atoms with van der Waals surface area (Å²) in [6, 6.07) is 51.5. The minimum absolute atomic E-state index is 0.00305. The summed E-state index contributed by atoms with van der Waals surface area (Å²) >= 11 is 0. The Hall–Kier alpha value is -14.9. The Kier molecular flexibility index (Phi) is 32.3. The number of piperidine rings is 1. The van der Waals surface area contributed by atoms with Gasteiger partial charge in [-0.3, -0.25) is 19.2 Å². The summed E-state index contributed by atoms with van der Waals surface area (Å²) in [6.45, 7) is 20.8. The lowest BCUT2D eigenvalue weighted by atomic mass is 9.99. The van der Waals surface area contributed by atoms with Crippen LogP contribution in [0.1, 0.15) is 205 Å². The lowest BCUT2D eigenvalue weighted by molar-refractivity contribution is -0.130. The molecule has 5 heterocycles. The molecule has 1 saturated heterocycles. The van der Waals surface area contributed by atoms with Gasteiger partial charge in [0.15, 0.2) is 0 Å². The molecule has 17 rings (SSSR count). The van der Waals surface area contributed by atoms with Gasteiger partial charge >= 0.3 is 0 Å². The maximum absolute atomic E-state index is 12.9. The van der Waals surface area contributed by atoms with Crippen LogP contribution in [0.5, 0.6) is 23.0 Å². The molecule has 140 heavy (non-hydrogen) atoms. The standard InChI is InChI=1S/C29H33N5O5S.C25H27N5O5S.C25H27N5O3.C24H24N4O3/c1-18(2)38-26-10-7-20(15-21(26)16-30)29-31-28(32-39-29)24-6-4-5-23-22(24)8-9-25(23)33-40(36,37)17-27(35)34-13-11-19(3)12-14-34;1-15(2)34-22-11-8-16(12-17(22)13-26)25-27-24(28-35-25)20-7-5-6-19-18(20)9-10-21(19)29-36(32,33)14-23(31)30(3)4;1-15(2)32-22-11-8-16(12-17(22)13-26)25-28-24(29-33-25)20-7-5-6-19-18(20)9-10-21(19)27-23(31)14-30(3)4;1-4-22(29)26-20-10-9-17-18(20)6-5-7-19(17)23-27-24(31-28-23)15-8-11-21(30-14(2)3)16(12-15)13-25/h4-7,10,15,18-19,25,33H,8-9,11-14,17H2,1-3H3;5-8,11-12,15,21,29H,9-10,14H2,1-4H3;5-8,11-12,15,21H,9-10,14H2,1-4H3,(H,27,31);5-8,11-12,14,20H,4,9-10H2,1-3H3,(H,26,29)/t25-;2*21-;20-/m0111/s1. The van der Waals surface area contributed by atoms with E-state index in [1.165, 1.54) is 19.0 Å². The largest absolute Gasteiger partial charge is 0.490 e. The molecule has 726 valence electrons. The highest BCUT2D eigenvalue weighted by Gasteiger charge is 2.37. The third-order valence-electron chi connectivity index (χ3n) is 23.9. The number of hydrogen-bond acceptors (Lipinski definition) is 29. The zero-order valence-corrected chi connectivity index (χ0v) is 82.1. The number of carbonyl (C=O) groups excluding carboxylic acids is 4. The van der Waals surface area contributed by atoms with Crippen LogP contribution < -0.4 is 39.0 Å². The van der Waals surface area contributed by atoms with Gasteiger partial charge in [-0.25, -0.2) is 26.3 Å². The first-order chi connectivity index (χ1) is 67.0.